The number of aliphatic carboxylic acids is 1. The van der Waals surface area contributed by atoms with E-state index in [1.165, 1.54) is 7.11 Å². The van der Waals surface area contributed by atoms with Gasteiger partial charge in [0, 0.05) is 7.11 Å². The third-order valence-electron chi connectivity index (χ3n) is 1.73. The summed E-state index contributed by atoms with van der Waals surface area (Å²) >= 11 is 0. The van der Waals surface area contributed by atoms with Crippen molar-refractivity contribution in [3.8, 4) is 0 Å². The maximum absolute atomic E-state index is 10.6. The monoisotopic (exact) mass is 191 g/mol. The summed E-state index contributed by atoms with van der Waals surface area (Å²) in [6, 6.07) is -0.932. The molecule has 0 aromatic carbocycles. The van der Waals surface area contributed by atoms with Crippen LogP contribution in [0.2, 0.25) is 0 Å². The van der Waals surface area contributed by atoms with Gasteiger partial charge in [-0.05, 0) is 6.42 Å². The normalized spacial score (nSPS) is 15.3. The molecule has 78 valence electrons. The van der Waals surface area contributed by atoms with Crippen molar-refractivity contribution in [2.24, 2.45) is 0 Å². The molecule has 0 aliphatic heterocycles. The van der Waals surface area contributed by atoms with Gasteiger partial charge in [0.1, 0.15) is 6.04 Å². The number of methoxy groups -OCH3 is 1. The van der Waals surface area contributed by atoms with Crippen LogP contribution in [0.4, 0.5) is 0 Å². The van der Waals surface area contributed by atoms with Crippen LogP contribution in [-0.2, 0) is 9.53 Å². The van der Waals surface area contributed by atoms with Gasteiger partial charge in [-0.15, -0.1) is 0 Å². The van der Waals surface area contributed by atoms with Crippen molar-refractivity contribution in [3.63, 3.8) is 0 Å². The quantitative estimate of drug-likeness (QED) is 0.503. The largest absolute Gasteiger partial charge is 0.480 e. The Kier molecular flexibility index (Phi) is 6.48. The smallest absolute Gasteiger partial charge is 0.320 e. The van der Waals surface area contributed by atoms with Crippen molar-refractivity contribution in [2.75, 3.05) is 20.3 Å². The molecule has 0 aromatic heterocycles. The molecule has 3 N–H and O–H groups in total. The van der Waals surface area contributed by atoms with Crippen molar-refractivity contribution in [2.45, 2.75) is 25.4 Å². The average molecular weight is 191 g/mol. The van der Waals surface area contributed by atoms with Gasteiger partial charge in [0.2, 0.25) is 0 Å². The number of rotatable bonds is 7. The van der Waals surface area contributed by atoms with Crippen LogP contribution in [0, 0.1) is 0 Å². The summed E-state index contributed by atoms with van der Waals surface area (Å²) in [5.74, 6) is -0.906. The lowest BCUT2D eigenvalue weighted by atomic mass is 10.2. The molecule has 13 heavy (non-hydrogen) atoms. The summed E-state index contributed by atoms with van der Waals surface area (Å²) in [6.07, 6.45) is 0.482. The summed E-state index contributed by atoms with van der Waals surface area (Å²) in [5, 5.41) is 20.3. The van der Waals surface area contributed by atoms with Crippen molar-refractivity contribution in [1.29, 1.82) is 0 Å². The zero-order valence-corrected chi connectivity index (χ0v) is 7.99. The Morgan fingerprint density at radius 3 is 2.54 bits per heavy atom. The number of carboxylic acid groups (broad SMARTS) is 1. The molecule has 0 amide bonds. The maximum atomic E-state index is 10.6. The van der Waals surface area contributed by atoms with Crippen molar-refractivity contribution >= 4 is 5.97 Å². The minimum atomic E-state index is -0.906. The molecule has 0 bridgehead atoms. The summed E-state index contributed by atoms with van der Waals surface area (Å²) in [4.78, 5) is 10.6. The van der Waals surface area contributed by atoms with Crippen LogP contribution in [0.25, 0.3) is 0 Å². The molecule has 0 fully saturated rings. The van der Waals surface area contributed by atoms with E-state index in [2.05, 4.69) is 5.32 Å². The highest BCUT2D eigenvalue weighted by Crippen LogP contribution is 1.94. The molecule has 0 radical (unpaired) electrons. The fraction of sp³-hybridized carbons (Fsp3) is 0.875. The second-order valence-electron chi connectivity index (χ2n) is 2.80. The molecule has 0 saturated carbocycles. The highest BCUT2D eigenvalue weighted by atomic mass is 16.5. The van der Waals surface area contributed by atoms with Crippen LogP contribution in [0.5, 0.6) is 0 Å². The standard InChI is InChI=1S/C8H17NO4/c1-3-7(8(11)12)9-6(4-10)5-13-2/h6-7,9-10H,3-5H2,1-2H3,(H,11,12). The fourth-order valence-electron chi connectivity index (χ4n) is 1.00. The predicted molar refractivity (Wildman–Crippen MR) is 47.6 cm³/mol. The molecule has 5 heteroatoms. The number of aliphatic hydroxyl groups excluding tert-OH is 1. The van der Waals surface area contributed by atoms with E-state index in [1.54, 1.807) is 6.92 Å². The van der Waals surface area contributed by atoms with Crippen LogP contribution in [0.15, 0.2) is 0 Å². The molecule has 0 saturated heterocycles. The lowest BCUT2D eigenvalue weighted by Gasteiger charge is -2.19. The molecule has 5 nitrogen and oxygen atoms in total. The van der Waals surface area contributed by atoms with Crippen molar-refractivity contribution in [1.82, 2.24) is 5.32 Å². The van der Waals surface area contributed by atoms with E-state index in [9.17, 15) is 4.79 Å². The van der Waals surface area contributed by atoms with Crippen LogP contribution in [0.3, 0.4) is 0 Å². The highest BCUT2D eigenvalue weighted by molar-refractivity contribution is 5.73. The first-order valence-corrected chi connectivity index (χ1v) is 4.24. The lowest BCUT2D eigenvalue weighted by molar-refractivity contribution is -0.140. The van der Waals surface area contributed by atoms with Gasteiger partial charge in [-0.1, -0.05) is 6.92 Å². The Morgan fingerprint density at radius 1 is 1.62 bits per heavy atom. The summed E-state index contributed by atoms with van der Waals surface area (Å²) < 4.78 is 4.80. The minimum absolute atomic E-state index is 0.127. The zero-order chi connectivity index (χ0) is 10.3. The van der Waals surface area contributed by atoms with Gasteiger partial charge in [-0.25, -0.2) is 0 Å². The molecular weight excluding hydrogens is 174 g/mol. The number of nitrogens with one attached hydrogen (secondary N) is 1. The van der Waals surface area contributed by atoms with E-state index < -0.39 is 12.0 Å². The number of carbonyl (C=O) groups is 1. The zero-order valence-electron chi connectivity index (χ0n) is 7.99. The average Bonchev–Trinajstić information content (AvgIpc) is 2.11. The second kappa shape index (κ2) is 6.82. The Balaban J connectivity index is 3.95. The van der Waals surface area contributed by atoms with E-state index in [-0.39, 0.29) is 12.6 Å². The first-order valence-electron chi connectivity index (χ1n) is 4.24. The SMILES string of the molecule is CCC(NC(CO)COC)C(=O)O. The molecular formula is C8H17NO4. The summed E-state index contributed by atoms with van der Waals surface area (Å²) in [5.41, 5.74) is 0. The van der Waals surface area contributed by atoms with E-state index >= 15 is 0 Å². The molecule has 0 aliphatic rings. The number of aliphatic hydroxyl groups is 1. The van der Waals surface area contributed by atoms with Crippen LogP contribution in [-0.4, -0.2) is 48.6 Å². The van der Waals surface area contributed by atoms with E-state index in [4.69, 9.17) is 14.9 Å². The Morgan fingerprint density at radius 2 is 2.23 bits per heavy atom. The third-order valence-corrected chi connectivity index (χ3v) is 1.73. The van der Waals surface area contributed by atoms with E-state index in [1.807, 2.05) is 0 Å². The van der Waals surface area contributed by atoms with Gasteiger partial charge in [0.15, 0.2) is 0 Å². The highest BCUT2D eigenvalue weighted by Gasteiger charge is 2.18. The molecule has 0 aromatic rings. The van der Waals surface area contributed by atoms with Crippen LogP contribution >= 0.6 is 0 Å². The van der Waals surface area contributed by atoms with E-state index in [0.29, 0.717) is 13.0 Å². The maximum Gasteiger partial charge on any atom is 0.320 e. The molecule has 2 atom stereocenters. The topological polar surface area (TPSA) is 78.8 Å². The van der Waals surface area contributed by atoms with Gasteiger partial charge in [-0.2, -0.15) is 0 Å². The van der Waals surface area contributed by atoms with Crippen LogP contribution in [0.1, 0.15) is 13.3 Å². The Bertz CT molecular complexity index is 151. The van der Waals surface area contributed by atoms with Gasteiger partial charge >= 0.3 is 5.97 Å². The Hall–Kier alpha value is -0.650. The third kappa shape index (κ3) is 4.82. The molecule has 0 rings (SSSR count). The predicted octanol–water partition coefficient (Wildman–Crippen LogP) is -0.553. The molecule has 0 spiro atoms. The first-order chi connectivity index (χ1) is 6.15. The fourth-order valence-corrected chi connectivity index (χ4v) is 1.00. The summed E-state index contributed by atoms with van der Waals surface area (Å²) in [7, 11) is 1.51. The Labute approximate surface area is 77.7 Å². The first kappa shape index (κ1) is 12.3. The van der Waals surface area contributed by atoms with Gasteiger partial charge in [-0.3, -0.25) is 10.1 Å². The lowest BCUT2D eigenvalue weighted by Crippen LogP contribution is -2.46. The molecule has 2 unspecified atom stereocenters. The van der Waals surface area contributed by atoms with E-state index in [0.717, 1.165) is 0 Å². The van der Waals surface area contributed by atoms with Crippen LogP contribution < -0.4 is 5.32 Å². The van der Waals surface area contributed by atoms with Gasteiger partial charge in [0.25, 0.3) is 0 Å². The van der Waals surface area contributed by atoms with Gasteiger partial charge < -0.3 is 14.9 Å². The minimum Gasteiger partial charge on any atom is -0.480 e. The molecule has 0 aliphatic carbocycles. The number of carboxylic acids is 1. The number of ether oxygens (including phenoxy) is 1. The summed E-state index contributed by atoms with van der Waals surface area (Å²) in [6.45, 7) is 1.95. The number of hydrogen-bond acceptors (Lipinski definition) is 4. The number of hydrogen-bond donors (Lipinski definition) is 3. The van der Waals surface area contributed by atoms with Gasteiger partial charge in [0.05, 0.1) is 19.3 Å². The molecule has 0 heterocycles. The second-order valence-corrected chi connectivity index (χ2v) is 2.80. The van der Waals surface area contributed by atoms with Crippen molar-refractivity contribution < 1.29 is 19.7 Å². The van der Waals surface area contributed by atoms with Crippen molar-refractivity contribution in [3.05, 3.63) is 0 Å².